The van der Waals surface area contributed by atoms with Crippen molar-refractivity contribution in [2.75, 3.05) is 19.6 Å². The Bertz CT molecular complexity index is 401. The van der Waals surface area contributed by atoms with E-state index in [-0.39, 0.29) is 6.10 Å². The van der Waals surface area contributed by atoms with E-state index < -0.39 is 0 Å². The molecule has 1 N–H and O–H groups in total. The molecule has 1 saturated heterocycles. The summed E-state index contributed by atoms with van der Waals surface area (Å²) < 4.78 is 0. The minimum absolute atomic E-state index is 0.348. The number of aliphatic hydroxyl groups excluding tert-OH is 1. The predicted molar refractivity (Wildman–Crippen MR) is 89.5 cm³/mol. The van der Waals surface area contributed by atoms with Crippen LogP contribution in [0.1, 0.15) is 63.2 Å². The summed E-state index contributed by atoms with van der Waals surface area (Å²) in [5.74, 6) is 0.889. The molecule has 2 nitrogen and oxygen atoms in total. The van der Waals surface area contributed by atoms with Gasteiger partial charge in [-0.3, -0.25) is 0 Å². The number of rotatable bonds is 6. The lowest BCUT2D eigenvalue weighted by Crippen LogP contribution is -2.29. The van der Waals surface area contributed by atoms with Gasteiger partial charge in [-0.25, -0.2) is 0 Å². The van der Waals surface area contributed by atoms with E-state index in [2.05, 4.69) is 43.0 Å². The maximum absolute atomic E-state index is 10.5. The van der Waals surface area contributed by atoms with E-state index in [1.54, 1.807) is 0 Å². The highest BCUT2D eigenvalue weighted by atomic mass is 16.3. The fourth-order valence-electron chi connectivity index (χ4n) is 3.36. The van der Waals surface area contributed by atoms with Crippen LogP contribution in [0.5, 0.6) is 0 Å². The summed E-state index contributed by atoms with van der Waals surface area (Å²) in [5.41, 5.74) is 2.43. The standard InChI is InChI=1S/C19H31NO/c1-3-6-17-8-10-18(11-9-17)19(21)15-20-13-5-7-16(4-2)12-14-20/h8-11,16,19,21H,3-7,12-15H2,1-2H3. The van der Waals surface area contributed by atoms with Gasteiger partial charge in [0.15, 0.2) is 0 Å². The van der Waals surface area contributed by atoms with Crippen LogP contribution in [0.3, 0.4) is 0 Å². The molecule has 118 valence electrons. The number of β-amino-alcohol motifs (C(OH)–C–C–N with tert-alkyl or cyclic N) is 1. The summed E-state index contributed by atoms with van der Waals surface area (Å²) >= 11 is 0. The SMILES string of the molecule is CCCc1ccc(C(O)CN2CCCC(CC)CC2)cc1. The van der Waals surface area contributed by atoms with E-state index in [9.17, 15) is 5.11 Å². The molecular weight excluding hydrogens is 258 g/mol. The molecule has 0 amide bonds. The number of hydrogen-bond acceptors (Lipinski definition) is 2. The van der Waals surface area contributed by atoms with Crippen LogP contribution in [0.25, 0.3) is 0 Å². The Morgan fingerprint density at radius 2 is 1.90 bits per heavy atom. The Hall–Kier alpha value is -0.860. The number of nitrogens with zero attached hydrogens (tertiary/aromatic N) is 1. The molecule has 1 aliphatic rings. The molecule has 0 saturated carbocycles. The Morgan fingerprint density at radius 1 is 1.14 bits per heavy atom. The van der Waals surface area contributed by atoms with E-state index in [1.165, 1.54) is 37.7 Å². The van der Waals surface area contributed by atoms with E-state index in [0.29, 0.717) is 0 Å². The zero-order valence-electron chi connectivity index (χ0n) is 13.7. The highest BCUT2D eigenvalue weighted by molar-refractivity contribution is 5.24. The zero-order chi connectivity index (χ0) is 15.1. The van der Waals surface area contributed by atoms with Gasteiger partial charge >= 0.3 is 0 Å². The third kappa shape index (κ3) is 5.12. The van der Waals surface area contributed by atoms with Crippen LogP contribution < -0.4 is 0 Å². The van der Waals surface area contributed by atoms with Crippen molar-refractivity contribution >= 4 is 0 Å². The van der Waals surface area contributed by atoms with Crippen LogP contribution in [-0.2, 0) is 6.42 Å². The lowest BCUT2D eigenvalue weighted by molar-refractivity contribution is 0.114. The molecular formula is C19H31NO. The number of aliphatic hydroxyl groups is 1. The predicted octanol–water partition coefficient (Wildman–Crippen LogP) is 4.18. The van der Waals surface area contributed by atoms with Crippen molar-refractivity contribution in [2.24, 2.45) is 5.92 Å². The first-order valence-corrected chi connectivity index (χ1v) is 8.72. The third-order valence-electron chi connectivity index (χ3n) is 4.85. The summed E-state index contributed by atoms with van der Waals surface area (Å²) in [6.45, 7) is 7.56. The van der Waals surface area contributed by atoms with E-state index in [4.69, 9.17) is 0 Å². The Kier molecular flexibility index (Phi) is 6.72. The largest absolute Gasteiger partial charge is 0.387 e. The van der Waals surface area contributed by atoms with Crippen LogP contribution in [0.2, 0.25) is 0 Å². The van der Waals surface area contributed by atoms with Gasteiger partial charge in [-0.15, -0.1) is 0 Å². The van der Waals surface area contributed by atoms with E-state index in [1.807, 2.05) is 0 Å². The minimum atomic E-state index is -0.348. The van der Waals surface area contributed by atoms with Crippen LogP contribution in [0, 0.1) is 5.92 Å². The molecule has 2 rings (SSSR count). The van der Waals surface area contributed by atoms with Gasteiger partial charge in [0.25, 0.3) is 0 Å². The van der Waals surface area contributed by atoms with E-state index in [0.717, 1.165) is 37.5 Å². The maximum atomic E-state index is 10.5. The molecule has 0 spiro atoms. The zero-order valence-corrected chi connectivity index (χ0v) is 13.7. The summed E-state index contributed by atoms with van der Waals surface area (Å²) in [4.78, 5) is 2.44. The first-order valence-electron chi connectivity index (χ1n) is 8.72. The van der Waals surface area contributed by atoms with Gasteiger partial charge < -0.3 is 10.0 Å². The molecule has 0 bridgehead atoms. The van der Waals surface area contributed by atoms with Crippen molar-refractivity contribution in [3.05, 3.63) is 35.4 Å². The van der Waals surface area contributed by atoms with Crippen molar-refractivity contribution in [2.45, 2.75) is 58.5 Å². The van der Waals surface area contributed by atoms with Crippen molar-refractivity contribution in [1.29, 1.82) is 0 Å². The number of aryl methyl sites for hydroxylation is 1. The number of benzene rings is 1. The molecule has 0 radical (unpaired) electrons. The lowest BCUT2D eigenvalue weighted by Gasteiger charge is -2.23. The van der Waals surface area contributed by atoms with Gasteiger partial charge in [0.05, 0.1) is 6.10 Å². The Morgan fingerprint density at radius 3 is 2.57 bits per heavy atom. The minimum Gasteiger partial charge on any atom is -0.387 e. The second kappa shape index (κ2) is 8.55. The van der Waals surface area contributed by atoms with Gasteiger partial charge in [0.2, 0.25) is 0 Å². The van der Waals surface area contributed by atoms with Gasteiger partial charge in [0.1, 0.15) is 0 Å². The lowest BCUT2D eigenvalue weighted by atomic mass is 9.98. The van der Waals surface area contributed by atoms with Crippen LogP contribution in [0.4, 0.5) is 0 Å². The van der Waals surface area contributed by atoms with E-state index >= 15 is 0 Å². The molecule has 1 heterocycles. The molecule has 1 fully saturated rings. The average molecular weight is 289 g/mol. The van der Waals surface area contributed by atoms with Crippen molar-refractivity contribution < 1.29 is 5.11 Å². The Balaban J connectivity index is 1.86. The summed E-state index contributed by atoms with van der Waals surface area (Å²) in [6, 6.07) is 8.53. The fourth-order valence-corrected chi connectivity index (χ4v) is 3.36. The quantitative estimate of drug-likeness (QED) is 0.849. The van der Waals surface area contributed by atoms with Crippen LogP contribution in [-0.4, -0.2) is 29.6 Å². The molecule has 1 aromatic rings. The second-order valence-corrected chi connectivity index (χ2v) is 6.51. The van der Waals surface area contributed by atoms with Crippen molar-refractivity contribution in [1.82, 2.24) is 4.90 Å². The molecule has 1 aromatic carbocycles. The number of hydrogen-bond donors (Lipinski definition) is 1. The smallest absolute Gasteiger partial charge is 0.0916 e. The summed E-state index contributed by atoms with van der Waals surface area (Å²) in [5, 5.41) is 10.5. The average Bonchev–Trinajstić information content (AvgIpc) is 2.73. The van der Waals surface area contributed by atoms with Crippen molar-refractivity contribution in [3.63, 3.8) is 0 Å². The normalized spacial score (nSPS) is 22.0. The summed E-state index contributed by atoms with van der Waals surface area (Å²) in [6.07, 6.45) is 7.18. The maximum Gasteiger partial charge on any atom is 0.0916 e. The van der Waals surface area contributed by atoms with Crippen LogP contribution >= 0.6 is 0 Å². The second-order valence-electron chi connectivity index (χ2n) is 6.51. The molecule has 2 atom stereocenters. The van der Waals surface area contributed by atoms with Gasteiger partial charge in [0, 0.05) is 6.54 Å². The van der Waals surface area contributed by atoms with Gasteiger partial charge in [-0.05, 0) is 55.8 Å². The monoisotopic (exact) mass is 289 g/mol. The first kappa shape index (κ1) is 16.5. The summed E-state index contributed by atoms with van der Waals surface area (Å²) in [7, 11) is 0. The molecule has 2 unspecified atom stereocenters. The first-order chi connectivity index (χ1) is 10.2. The van der Waals surface area contributed by atoms with Gasteiger partial charge in [-0.2, -0.15) is 0 Å². The highest BCUT2D eigenvalue weighted by Crippen LogP contribution is 2.22. The highest BCUT2D eigenvalue weighted by Gasteiger charge is 2.18. The molecule has 1 aliphatic heterocycles. The molecule has 2 heteroatoms. The Labute approximate surface area is 130 Å². The van der Waals surface area contributed by atoms with Crippen molar-refractivity contribution in [3.8, 4) is 0 Å². The molecule has 0 aromatic heterocycles. The topological polar surface area (TPSA) is 23.5 Å². The fraction of sp³-hybridized carbons (Fsp3) is 0.684. The van der Waals surface area contributed by atoms with Crippen LogP contribution in [0.15, 0.2) is 24.3 Å². The van der Waals surface area contributed by atoms with Gasteiger partial charge in [-0.1, -0.05) is 51.0 Å². The molecule has 21 heavy (non-hydrogen) atoms. The third-order valence-corrected chi connectivity index (χ3v) is 4.85. The number of likely N-dealkylation sites (tertiary alicyclic amines) is 1. The molecule has 0 aliphatic carbocycles.